The maximum atomic E-state index is 9.74. The molecule has 1 heteroatoms. The number of nitriles is 1. The SMILES string of the molecule is CCCCCCC1(C#N)CCC(CCC2CCC(CCC)CC2)CC1. The fourth-order valence-corrected chi connectivity index (χ4v) is 5.52. The molecule has 2 rings (SSSR count). The first-order chi connectivity index (χ1) is 12.2. The lowest BCUT2D eigenvalue weighted by Gasteiger charge is -2.36. The van der Waals surface area contributed by atoms with E-state index >= 15 is 0 Å². The van der Waals surface area contributed by atoms with Gasteiger partial charge in [0.2, 0.25) is 0 Å². The molecule has 0 heterocycles. The second kappa shape index (κ2) is 11.3. The molecule has 2 saturated carbocycles. The van der Waals surface area contributed by atoms with Crippen molar-refractivity contribution in [2.24, 2.45) is 23.2 Å². The van der Waals surface area contributed by atoms with Crippen LogP contribution in [0, 0.1) is 34.5 Å². The zero-order chi connectivity index (χ0) is 18.0. The van der Waals surface area contributed by atoms with Crippen LogP contribution in [0.2, 0.25) is 0 Å². The van der Waals surface area contributed by atoms with Gasteiger partial charge in [-0.2, -0.15) is 5.26 Å². The van der Waals surface area contributed by atoms with E-state index in [9.17, 15) is 5.26 Å². The fourth-order valence-electron chi connectivity index (χ4n) is 5.52. The molecular weight excluding hydrogens is 302 g/mol. The third kappa shape index (κ3) is 6.96. The smallest absolute Gasteiger partial charge is 0.0689 e. The third-order valence-electron chi connectivity index (χ3n) is 7.45. The molecular formula is C24H43N. The molecule has 25 heavy (non-hydrogen) atoms. The Morgan fingerprint density at radius 1 is 0.720 bits per heavy atom. The fraction of sp³-hybridized carbons (Fsp3) is 0.958. The first kappa shape index (κ1) is 20.8. The number of hydrogen-bond donors (Lipinski definition) is 0. The topological polar surface area (TPSA) is 23.8 Å². The van der Waals surface area contributed by atoms with Crippen LogP contribution in [-0.4, -0.2) is 0 Å². The molecule has 0 aromatic carbocycles. The van der Waals surface area contributed by atoms with E-state index in [2.05, 4.69) is 19.9 Å². The minimum Gasteiger partial charge on any atom is -0.198 e. The van der Waals surface area contributed by atoms with Gasteiger partial charge in [0.15, 0.2) is 0 Å². The van der Waals surface area contributed by atoms with E-state index in [0.29, 0.717) is 0 Å². The number of nitrogens with zero attached hydrogens (tertiary/aromatic N) is 1. The van der Waals surface area contributed by atoms with E-state index in [1.165, 1.54) is 103 Å². The molecule has 0 aromatic rings. The van der Waals surface area contributed by atoms with E-state index < -0.39 is 0 Å². The Morgan fingerprint density at radius 3 is 1.80 bits per heavy atom. The van der Waals surface area contributed by atoms with Crippen LogP contribution in [0.25, 0.3) is 0 Å². The van der Waals surface area contributed by atoms with Gasteiger partial charge in [0.1, 0.15) is 0 Å². The summed E-state index contributed by atoms with van der Waals surface area (Å²) in [5.41, 5.74) is 0.0441. The van der Waals surface area contributed by atoms with Crippen LogP contribution in [-0.2, 0) is 0 Å². The molecule has 2 aliphatic carbocycles. The van der Waals surface area contributed by atoms with Gasteiger partial charge in [-0.15, -0.1) is 0 Å². The molecule has 0 spiro atoms. The summed E-state index contributed by atoms with van der Waals surface area (Å²) in [5, 5.41) is 9.74. The van der Waals surface area contributed by atoms with Crippen LogP contribution < -0.4 is 0 Å². The minimum atomic E-state index is 0.0441. The van der Waals surface area contributed by atoms with Crippen molar-refractivity contribution in [3.05, 3.63) is 0 Å². The van der Waals surface area contributed by atoms with Crippen LogP contribution in [0.5, 0.6) is 0 Å². The third-order valence-corrected chi connectivity index (χ3v) is 7.45. The van der Waals surface area contributed by atoms with Gasteiger partial charge in [-0.3, -0.25) is 0 Å². The van der Waals surface area contributed by atoms with Crippen LogP contribution in [0.15, 0.2) is 0 Å². The molecule has 0 saturated heterocycles. The summed E-state index contributed by atoms with van der Waals surface area (Å²) in [6.07, 6.45) is 23.2. The summed E-state index contributed by atoms with van der Waals surface area (Å²) in [4.78, 5) is 0. The molecule has 2 fully saturated rings. The van der Waals surface area contributed by atoms with Gasteiger partial charge < -0.3 is 0 Å². The zero-order valence-electron chi connectivity index (χ0n) is 17.2. The Morgan fingerprint density at radius 2 is 1.28 bits per heavy atom. The van der Waals surface area contributed by atoms with Crippen molar-refractivity contribution >= 4 is 0 Å². The van der Waals surface area contributed by atoms with Gasteiger partial charge in [-0.1, -0.05) is 90.9 Å². The highest BCUT2D eigenvalue weighted by molar-refractivity contribution is 5.01. The Balaban J connectivity index is 1.62. The Bertz CT molecular complexity index is 377. The molecule has 0 bridgehead atoms. The number of rotatable bonds is 10. The van der Waals surface area contributed by atoms with Crippen molar-refractivity contribution < 1.29 is 0 Å². The van der Waals surface area contributed by atoms with E-state index in [4.69, 9.17) is 0 Å². The van der Waals surface area contributed by atoms with Gasteiger partial charge in [-0.05, 0) is 49.9 Å². The van der Waals surface area contributed by atoms with Crippen molar-refractivity contribution in [1.82, 2.24) is 0 Å². The highest BCUT2D eigenvalue weighted by Crippen LogP contribution is 2.44. The van der Waals surface area contributed by atoms with E-state index in [1.807, 2.05) is 0 Å². The quantitative estimate of drug-likeness (QED) is 0.367. The number of unbranched alkanes of at least 4 members (excludes halogenated alkanes) is 3. The van der Waals surface area contributed by atoms with Crippen LogP contribution in [0.3, 0.4) is 0 Å². The maximum Gasteiger partial charge on any atom is 0.0689 e. The zero-order valence-corrected chi connectivity index (χ0v) is 17.2. The Labute approximate surface area is 158 Å². The molecule has 1 nitrogen and oxygen atoms in total. The molecule has 0 aliphatic heterocycles. The second-order valence-electron chi connectivity index (χ2n) is 9.40. The largest absolute Gasteiger partial charge is 0.198 e. The molecule has 0 radical (unpaired) electrons. The molecule has 0 atom stereocenters. The van der Waals surface area contributed by atoms with E-state index in [0.717, 1.165) is 24.2 Å². The van der Waals surface area contributed by atoms with Gasteiger partial charge >= 0.3 is 0 Å². The molecule has 144 valence electrons. The van der Waals surface area contributed by atoms with E-state index in [-0.39, 0.29) is 5.41 Å². The van der Waals surface area contributed by atoms with E-state index in [1.54, 1.807) is 0 Å². The summed E-state index contributed by atoms with van der Waals surface area (Å²) in [6.45, 7) is 4.60. The van der Waals surface area contributed by atoms with Crippen LogP contribution in [0.1, 0.15) is 123 Å². The van der Waals surface area contributed by atoms with Gasteiger partial charge in [0.05, 0.1) is 11.5 Å². The standard InChI is InChI=1S/C24H43N/c1-3-5-6-7-17-24(20-25)18-15-23(16-19-24)14-13-22-11-9-21(8-4-2)10-12-22/h21-23H,3-19H2,1-2H3. The van der Waals surface area contributed by atoms with Crippen molar-refractivity contribution in [2.45, 2.75) is 123 Å². The highest BCUT2D eigenvalue weighted by atomic mass is 14.4. The van der Waals surface area contributed by atoms with Crippen molar-refractivity contribution in [3.63, 3.8) is 0 Å². The lowest BCUT2D eigenvalue weighted by atomic mass is 9.67. The lowest BCUT2D eigenvalue weighted by Crippen LogP contribution is -2.26. The van der Waals surface area contributed by atoms with Crippen LogP contribution in [0.4, 0.5) is 0 Å². The van der Waals surface area contributed by atoms with Crippen LogP contribution >= 0.6 is 0 Å². The van der Waals surface area contributed by atoms with Crippen molar-refractivity contribution in [1.29, 1.82) is 5.26 Å². The molecule has 0 unspecified atom stereocenters. The van der Waals surface area contributed by atoms with Crippen molar-refractivity contribution in [3.8, 4) is 6.07 Å². The van der Waals surface area contributed by atoms with Crippen molar-refractivity contribution in [2.75, 3.05) is 0 Å². The Hall–Kier alpha value is -0.510. The average molecular weight is 346 g/mol. The monoisotopic (exact) mass is 345 g/mol. The normalized spacial score (nSPS) is 33.1. The first-order valence-electron chi connectivity index (χ1n) is 11.6. The molecule has 2 aliphatic rings. The summed E-state index contributed by atoms with van der Waals surface area (Å²) in [6, 6.07) is 2.74. The molecule has 0 N–H and O–H groups in total. The minimum absolute atomic E-state index is 0.0441. The molecule has 0 amide bonds. The Kier molecular flexibility index (Phi) is 9.36. The second-order valence-corrected chi connectivity index (χ2v) is 9.40. The number of hydrogen-bond acceptors (Lipinski definition) is 1. The predicted octanol–water partition coefficient (Wildman–Crippen LogP) is 8.04. The average Bonchev–Trinajstić information content (AvgIpc) is 2.66. The lowest BCUT2D eigenvalue weighted by molar-refractivity contribution is 0.171. The summed E-state index contributed by atoms with van der Waals surface area (Å²) in [5.74, 6) is 2.98. The van der Waals surface area contributed by atoms with Gasteiger partial charge in [-0.25, -0.2) is 0 Å². The highest BCUT2D eigenvalue weighted by Gasteiger charge is 2.35. The van der Waals surface area contributed by atoms with Gasteiger partial charge in [0.25, 0.3) is 0 Å². The molecule has 0 aromatic heterocycles. The predicted molar refractivity (Wildman–Crippen MR) is 108 cm³/mol. The van der Waals surface area contributed by atoms with Gasteiger partial charge in [0, 0.05) is 0 Å². The maximum absolute atomic E-state index is 9.74. The summed E-state index contributed by atoms with van der Waals surface area (Å²) in [7, 11) is 0. The summed E-state index contributed by atoms with van der Waals surface area (Å²) >= 11 is 0. The summed E-state index contributed by atoms with van der Waals surface area (Å²) < 4.78 is 0. The first-order valence-corrected chi connectivity index (χ1v) is 11.6.